The molecule has 53 heavy (non-hydrogen) atoms. The van der Waals surface area contributed by atoms with Crippen molar-refractivity contribution in [1.82, 2.24) is 4.98 Å². The van der Waals surface area contributed by atoms with Crippen LogP contribution in [0.4, 0.5) is 0 Å². The van der Waals surface area contributed by atoms with Crippen molar-refractivity contribution in [3.8, 4) is 44.8 Å². The lowest BCUT2D eigenvalue weighted by atomic mass is 9.52. The summed E-state index contributed by atoms with van der Waals surface area (Å²) in [5.74, 6) is 0.639. The Balaban J connectivity index is 1.12. The Morgan fingerprint density at radius 1 is 0.321 bits per heavy atom. The second kappa shape index (κ2) is 10.4. The normalized spacial score (nSPS) is 14.7. The van der Waals surface area contributed by atoms with Crippen LogP contribution >= 0.6 is 0 Å². The van der Waals surface area contributed by atoms with E-state index in [1.807, 2.05) is 24.3 Å². The van der Waals surface area contributed by atoms with Crippen molar-refractivity contribution in [2.75, 3.05) is 0 Å². The van der Waals surface area contributed by atoms with E-state index < -0.39 is 10.8 Å². The maximum Gasteiger partial charge on any atom is 0.227 e. The van der Waals surface area contributed by atoms with E-state index in [1.165, 1.54) is 72.3 Å². The monoisotopic (exact) mass is 673 g/mol. The zero-order valence-electron chi connectivity index (χ0n) is 28.8. The molecule has 0 fully saturated rings. The third-order valence-corrected chi connectivity index (χ3v) is 12.2. The van der Waals surface area contributed by atoms with Crippen molar-refractivity contribution in [1.29, 1.82) is 0 Å². The summed E-state index contributed by atoms with van der Waals surface area (Å²) in [5.41, 5.74) is 20.0. The molecule has 0 radical (unpaired) electrons. The van der Waals surface area contributed by atoms with Crippen LogP contribution in [0.25, 0.3) is 55.9 Å². The van der Waals surface area contributed by atoms with Gasteiger partial charge in [-0.25, -0.2) is 4.98 Å². The lowest BCUT2D eigenvalue weighted by Crippen LogP contribution is -2.43. The standard InChI is InChI=1S/C51H31NO/c1-4-16-39-35(13-1)36-14-2-5-17-40(36)50(39)42-19-7-9-21-44(42)51(45-22-10-8-20-43(45)50)41-18-6-3-15-37(41)38-30-29-34(31-46(38)51)32-25-27-33(28-26-32)49-52-47-23-11-12-24-48(47)53-49/h1-31H. The van der Waals surface area contributed by atoms with Crippen LogP contribution in [0.15, 0.2) is 192 Å². The predicted octanol–water partition coefficient (Wildman–Crippen LogP) is 12.2. The van der Waals surface area contributed by atoms with Gasteiger partial charge in [0.25, 0.3) is 0 Å². The highest BCUT2D eigenvalue weighted by atomic mass is 16.3. The summed E-state index contributed by atoms with van der Waals surface area (Å²) in [5, 5.41) is 0. The van der Waals surface area contributed by atoms with Gasteiger partial charge in [-0.1, -0.05) is 158 Å². The Kier molecular flexibility index (Phi) is 5.67. The number of hydrogen-bond donors (Lipinski definition) is 0. The van der Waals surface area contributed by atoms with Crippen LogP contribution in [0.5, 0.6) is 0 Å². The summed E-state index contributed by atoms with van der Waals surface area (Å²) < 4.78 is 6.11. The lowest BCUT2D eigenvalue weighted by molar-refractivity contribution is 0.620. The second-order valence-electron chi connectivity index (χ2n) is 14.6. The highest BCUT2D eigenvalue weighted by Crippen LogP contribution is 2.67. The van der Waals surface area contributed by atoms with Gasteiger partial charge in [0.2, 0.25) is 5.89 Å². The number of aromatic nitrogens is 1. The van der Waals surface area contributed by atoms with Gasteiger partial charge in [0.15, 0.2) is 5.58 Å². The quantitative estimate of drug-likeness (QED) is 0.183. The third-order valence-electron chi connectivity index (χ3n) is 12.2. The fourth-order valence-electron chi connectivity index (χ4n) is 10.2. The summed E-state index contributed by atoms with van der Waals surface area (Å²) in [6, 6.07) is 69.5. The summed E-state index contributed by atoms with van der Waals surface area (Å²) >= 11 is 0. The minimum Gasteiger partial charge on any atom is -0.436 e. The summed E-state index contributed by atoms with van der Waals surface area (Å²) in [7, 11) is 0. The number of nitrogens with zero attached hydrogens (tertiary/aromatic N) is 1. The van der Waals surface area contributed by atoms with E-state index in [0.717, 1.165) is 22.2 Å². The van der Waals surface area contributed by atoms with Crippen molar-refractivity contribution in [3.05, 3.63) is 233 Å². The molecule has 0 bridgehead atoms. The molecular formula is C51H31NO. The number of oxazole rings is 1. The summed E-state index contributed by atoms with van der Waals surface area (Å²) in [4.78, 5) is 4.75. The SMILES string of the molecule is c1ccc2c(c1)-c1ccccc1C21c2ccccc2C2(c3ccccc3-c3ccc(-c4ccc(-c5nc6ccccc6o5)cc4)cc32)c2ccccc21. The summed E-state index contributed by atoms with van der Waals surface area (Å²) in [6.45, 7) is 0. The minimum atomic E-state index is -0.509. The Morgan fingerprint density at radius 3 is 1.25 bits per heavy atom. The second-order valence-corrected chi connectivity index (χ2v) is 14.6. The molecule has 0 saturated heterocycles. The first-order valence-corrected chi connectivity index (χ1v) is 18.4. The van der Waals surface area contributed by atoms with Gasteiger partial charge in [0.05, 0.1) is 10.8 Å². The largest absolute Gasteiger partial charge is 0.436 e. The van der Waals surface area contributed by atoms with Gasteiger partial charge >= 0.3 is 0 Å². The fourth-order valence-corrected chi connectivity index (χ4v) is 10.2. The molecule has 3 aliphatic rings. The Hall–Kier alpha value is -6.77. The number of rotatable bonds is 2. The number of fused-ring (bicyclic) bond motifs is 17. The first-order chi connectivity index (χ1) is 26.3. The van der Waals surface area contributed by atoms with E-state index in [2.05, 4.69) is 164 Å². The zero-order valence-corrected chi connectivity index (χ0v) is 28.8. The molecule has 0 aliphatic heterocycles. The van der Waals surface area contributed by atoms with Gasteiger partial charge in [-0.15, -0.1) is 0 Å². The Bertz CT molecular complexity index is 2840. The van der Waals surface area contributed by atoms with Crippen LogP contribution in [-0.2, 0) is 10.8 Å². The molecule has 0 amide bonds. The lowest BCUT2D eigenvalue weighted by Gasteiger charge is -2.48. The van der Waals surface area contributed by atoms with Gasteiger partial charge in [-0.3, -0.25) is 0 Å². The van der Waals surface area contributed by atoms with Gasteiger partial charge in [0, 0.05) is 5.56 Å². The van der Waals surface area contributed by atoms with Crippen LogP contribution in [0.1, 0.15) is 44.5 Å². The smallest absolute Gasteiger partial charge is 0.227 e. The topological polar surface area (TPSA) is 26.0 Å². The van der Waals surface area contributed by atoms with E-state index in [-0.39, 0.29) is 0 Å². The van der Waals surface area contributed by atoms with Gasteiger partial charge < -0.3 is 4.42 Å². The van der Waals surface area contributed by atoms with Gasteiger partial charge in [-0.2, -0.15) is 0 Å². The molecule has 2 heteroatoms. The van der Waals surface area contributed by atoms with Crippen molar-refractivity contribution >= 4 is 11.1 Å². The maximum atomic E-state index is 6.11. The third kappa shape index (κ3) is 3.55. The molecule has 0 atom stereocenters. The highest BCUT2D eigenvalue weighted by Gasteiger charge is 2.58. The Morgan fingerprint density at radius 2 is 0.717 bits per heavy atom. The van der Waals surface area contributed by atoms with Gasteiger partial charge in [0.1, 0.15) is 5.52 Å². The van der Waals surface area contributed by atoms with Crippen LogP contribution in [0.2, 0.25) is 0 Å². The summed E-state index contributed by atoms with van der Waals surface area (Å²) in [6.07, 6.45) is 0. The van der Waals surface area contributed by atoms with Gasteiger partial charge in [-0.05, 0) is 108 Å². The van der Waals surface area contributed by atoms with Crippen molar-refractivity contribution in [3.63, 3.8) is 0 Å². The molecule has 1 aromatic heterocycles. The van der Waals surface area contributed by atoms with Crippen LogP contribution in [0.3, 0.4) is 0 Å². The molecular weight excluding hydrogens is 643 g/mol. The molecule has 1 heterocycles. The molecule has 0 unspecified atom stereocenters. The Labute approximate surface area is 307 Å². The van der Waals surface area contributed by atoms with E-state index in [0.29, 0.717) is 5.89 Å². The maximum absolute atomic E-state index is 6.11. The van der Waals surface area contributed by atoms with E-state index in [1.54, 1.807) is 0 Å². The number of hydrogen-bond acceptors (Lipinski definition) is 2. The van der Waals surface area contributed by atoms with Crippen molar-refractivity contribution < 1.29 is 4.42 Å². The van der Waals surface area contributed by atoms with Crippen LogP contribution in [0, 0.1) is 0 Å². The predicted molar refractivity (Wildman–Crippen MR) is 213 cm³/mol. The molecule has 0 saturated carbocycles. The molecule has 12 rings (SSSR count). The number of benzene rings is 8. The average Bonchev–Trinajstić information content (AvgIpc) is 3.89. The number of para-hydroxylation sites is 2. The van der Waals surface area contributed by atoms with Crippen molar-refractivity contribution in [2.24, 2.45) is 0 Å². The van der Waals surface area contributed by atoms with Crippen LogP contribution in [-0.4, -0.2) is 4.98 Å². The first kappa shape index (κ1) is 28.9. The minimum absolute atomic E-state index is 0.443. The molecule has 246 valence electrons. The molecule has 2 nitrogen and oxygen atoms in total. The average molecular weight is 674 g/mol. The molecule has 8 aromatic carbocycles. The molecule has 3 aliphatic carbocycles. The van der Waals surface area contributed by atoms with Crippen molar-refractivity contribution in [2.45, 2.75) is 10.8 Å². The van der Waals surface area contributed by atoms with E-state index in [4.69, 9.17) is 9.40 Å². The zero-order chi connectivity index (χ0) is 34.7. The fraction of sp³-hybridized carbons (Fsp3) is 0.0392. The molecule has 9 aromatic rings. The first-order valence-electron chi connectivity index (χ1n) is 18.4. The molecule has 2 spiro atoms. The van der Waals surface area contributed by atoms with E-state index >= 15 is 0 Å². The molecule has 0 N–H and O–H groups in total. The van der Waals surface area contributed by atoms with E-state index in [9.17, 15) is 0 Å². The highest BCUT2D eigenvalue weighted by molar-refractivity contribution is 5.94. The van der Waals surface area contributed by atoms with Crippen LogP contribution < -0.4 is 0 Å².